The molecule has 2 heterocycles. The number of rotatable bonds is 0. The summed E-state index contributed by atoms with van der Waals surface area (Å²) >= 11 is 12.4. The van der Waals surface area contributed by atoms with Gasteiger partial charge in [0.05, 0.1) is 0 Å². The first kappa shape index (κ1) is 11.6. The van der Waals surface area contributed by atoms with Gasteiger partial charge in [-0.3, -0.25) is 0 Å². The van der Waals surface area contributed by atoms with E-state index >= 15 is 0 Å². The van der Waals surface area contributed by atoms with Crippen LogP contribution in [0.3, 0.4) is 0 Å². The van der Waals surface area contributed by atoms with Crippen molar-refractivity contribution in [3.8, 4) is 0 Å². The van der Waals surface area contributed by atoms with Crippen LogP contribution in [0.4, 0.5) is 5.69 Å². The summed E-state index contributed by atoms with van der Waals surface area (Å²) in [6, 6.07) is 3.88. The van der Waals surface area contributed by atoms with Crippen LogP contribution in [0.5, 0.6) is 0 Å². The van der Waals surface area contributed by atoms with Crippen molar-refractivity contribution in [3.63, 3.8) is 0 Å². The standard InChI is InChI=1S/C13H16Cl2N2/c1-17-8-13(2-3-16-7-13)6-10-11(15)4-9(14)5-12(10)17/h4-5,16H,2-3,6-8H2,1H3. The summed E-state index contributed by atoms with van der Waals surface area (Å²) in [5.74, 6) is 0. The fourth-order valence-corrected chi connectivity index (χ4v) is 3.76. The van der Waals surface area contributed by atoms with Gasteiger partial charge in [-0.2, -0.15) is 0 Å². The molecule has 2 nitrogen and oxygen atoms in total. The molecule has 1 atom stereocenters. The monoisotopic (exact) mass is 270 g/mol. The second-order valence-electron chi connectivity index (χ2n) is 5.34. The van der Waals surface area contributed by atoms with Gasteiger partial charge < -0.3 is 10.2 Å². The van der Waals surface area contributed by atoms with Gasteiger partial charge in [0.1, 0.15) is 0 Å². The van der Waals surface area contributed by atoms with E-state index < -0.39 is 0 Å². The van der Waals surface area contributed by atoms with Gasteiger partial charge in [0.2, 0.25) is 0 Å². The molecule has 4 heteroatoms. The van der Waals surface area contributed by atoms with Crippen molar-refractivity contribution in [2.24, 2.45) is 5.41 Å². The van der Waals surface area contributed by atoms with Crippen molar-refractivity contribution < 1.29 is 0 Å². The molecule has 3 rings (SSSR count). The van der Waals surface area contributed by atoms with E-state index in [0.29, 0.717) is 5.41 Å². The minimum Gasteiger partial charge on any atom is -0.374 e. The molecule has 2 aliphatic rings. The van der Waals surface area contributed by atoms with Crippen LogP contribution in [0, 0.1) is 5.41 Å². The molecule has 92 valence electrons. The molecule has 1 aromatic rings. The first-order valence-corrected chi connectivity index (χ1v) is 6.75. The summed E-state index contributed by atoms with van der Waals surface area (Å²) < 4.78 is 0. The molecule has 0 aliphatic carbocycles. The lowest BCUT2D eigenvalue weighted by molar-refractivity contribution is 0.315. The topological polar surface area (TPSA) is 15.3 Å². The Labute approximate surface area is 112 Å². The number of halogens is 2. The zero-order valence-corrected chi connectivity index (χ0v) is 11.4. The average Bonchev–Trinajstić information content (AvgIpc) is 2.69. The maximum absolute atomic E-state index is 6.34. The Bertz CT molecular complexity index is 453. The summed E-state index contributed by atoms with van der Waals surface area (Å²) in [4.78, 5) is 2.30. The fourth-order valence-electron chi connectivity index (χ4n) is 3.21. The molecule has 1 spiro atoms. The van der Waals surface area contributed by atoms with E-state index in [1.807, 2.05) is 12.1 Å². The lowest BCUT2D eigenvalue weighted by Crippen LogP contribution is -2.43. The van der Waals surface area contributed by atoms with Crippen LogP contribution in [0.2, 0.25) is 10.0 Å². The first-order chi connectivity index (χ1) is 8.10. The minimum absolute atomic E-state index is 0.360. The van der Waals surface area contributed by atoms with Crippen LogP contribution in [0.1, 0.15) is 12.0 Å². The maximum Gasteiger partial charge on any atom is 0.0473 e. The van der Waals surface area contributed by atoms with E-state index in [0.717, 1.165) is 36.1 Å². The zero-order chi connectivity index (χ0) is 12.0. The van der Waals surface area contributed by atoms with Gasteiger partial charge in [0, 0.05) is 41.3 Å². The molecule has 0 amide bonds. The lowest BCUT2D eigenvalue weighted by Gasteiger charge is -2.41. The molecule has 2 aliphatic heterocycles. The van der Waals surface area contributed by atoms with Crippen molar-refractivity contribution in [2.75, 3.05) is 31.6 Å². The van der Waals surface area contributed by atoms with Gasteiger partial charge >= 0.3 is 0 Å². The molecule has 1 unspecified atom stereocenters. The molecule has 1 N–H and O–H groups in total. The van der Waals surface area contributed by atoms with Crippen LogP contribution >= 0.6 is 23.2 Å². The highest BCUT2D eigenvalue weighted by Gasteiger charge is 2.40. The number of nitrogens with one attached hydrogen (secondary N) is 1. The smallest absolute Gasteiger partial charge is 0.0473 e. The highest BCUT2D eigenvalue weighted by molar-refractivity contribution is 6.35. The van der Waals surface area contributed by atoms with Crippen molar-refractivity contribution in [3.05, 3.63) is 27.7 Å². The summed E-state index contributed by atoms with van der Waals surface area (Å²) in [6.07, 6.45) is 2.30. The van der Waals surface area contributed by atoms with Gasteiger partial charge in [-0.05, 0) is 37.1 Å². The number of hydrogen-bond donors (Lipinski definition) is 1. The van der Waals surface area contributed by atoms with E-state index in [-0.39, 0.29) is 0 Å². The molecule has 1 fully saturated rings. The lowest BCUT2D eigenvalue weighted by atomic mass is 9.77. The van der Waals surface area contributed by atoms with Crippen molar-refractivity contribution in [1.82, 2.24) is 5.32 Å². The maximum atomic E-state index is 6.34. The Hall–Kier alpha value is -0.440. The molecule has 0 aromatic heterocycles. The van der Waals surface area contributed by atoms with Crippen LogP contribution in [0.15, 0.2) is 12.1 Å². The minimum atomic E-state index is 0.360. The van der Waals surface area contributed by atoms with Gasteiger partial charge in [-0.25, -0.2) is 0 Å². The number of nitrogens with zero attached hydrogens (tertiary/aromatic N) is 1. The summed E-state index contributed by atoms with van der Waals surface area (Å²) in [7, 11) is 2.13. The Kier molecular flexibility index (Phi) is 2.77. The molecular formula is C13H16Cl2N2. The van der Waals surface area contributed by atoms with Crippen LogP contribution in [-0.4, -0.2) is 26.7 Å². The first-order valence-electron chi connectivity index (χ1n) is 5.99. The normalized spacial score (nSPS) is 27.6. The van der Waals surface area contributed by atoms with E-state index in [2.05, 4.69) is 17.3 Å². The highest BCUT2D eigenvalue weighted by Crippen LogP contribution is 2.43. The van der Waals surface area contributed by atoms with Crippen molar-refractivity contribution >= 4 is 28.9 Å². The van der Waals surface area contributed by atoms with Gasteiger partial charge in [0.25, 0.3) is 0 Å². The second kappa shape index (κ2) is 4.04. The predicted octanol–water partition coefficient (Wildman–Crippen LogP) is 2.97. The number of hydrogen-bond acceptors (Lipinski definition) is 2. The molecule has 17 heavy (non-hydrogen) atoms. The van der Waals surface area contributed by atoms with Crippen LogP contribution in [0.25, 0.3) is 0 Å². The Morgan fingerprint density at radius 1 is 1.35 bits per heavy atom. The van der Waals surface area contributed by atoms with E-state index in [1.165, 1.54) is 17.7 Å². The highest BCUT2D eigenvalue weighted by atomic mass is 35.5. The van der Waals surface area contributed by atoms with Crippen molar-refractivity contribution in [2.45, 2.75) is 12.8 Å². The largest absolute Gasteiger partial charge is 0.374 e. The molecule has 0 bridgehead atoms. The average molecular weight is 271 g/mol. The van der Waals surface area contributed by atoms with E-state index in [4.69, 9.17) is 23.2 Å². The number of benzene rings is 1. The van der Waals surface area contributed by atoms with Gasteiger partial charge in [-0.1, -0.05) is 23.2 Å². The molecule has 0 saturated carbocycles. The summed E-state index contributed by atoms with van der Waals surface area (Å²) in [5.41, 5.74) is 2.81. The van der Waals surface area contributed by atoms with E-state index in [9.17, 15) is 0 Å². The third-order valence-electron chi connectivity index (χ3n) is 4.00. The summed E-state index contributed by atoms with van der Waals surface area (Å²) in [5, 5.41) is 5.00. The van der Waals surface area contributed by atoms with Crippen LogP contribution < -0.4 is 10.2 Å². The Morgan fingerprint density at radius 2 is 2.18 bits per heavy atom. The van der Waals surface area contributed by atoms with Gasteiger partial charge in [-0.15, -0.1) is 0 Å². The number of fused-ring (bicyclic) bond motifs is 1. The molecular weight excluding hydrogens is 255 g/mol. The SMILES string of the molecule is CN1CC2(CCNC2)Cc2c(Cl)cc(Cl)cc21. The third-order valence-corrected chi connectivity index (χ3v) is 4.56. The predicted molar refractivity (Wildman–Crippen MR) is 73.4 cm³/mol. The zero-order valence-electron chi connectivity index (χ0n) is 9.89. The third kappa shape index (κ3) is 1.92. The molecule has 0 radical (unpaired) electrons. The van der Waals surface area contributed by atoms with Gasteiger partial charge in [0.15, 0.2) is 0 Å². The fraction of sp³-hybridized carbons (Fsp3) is 0.538. The Morgan fingerprint density at radius 3 is 2.88 bits per heavy atom. The second-order valence-corrected chi connectivity index (χ2v) is 6.19. The quantitative estimate of drug-likeness (QED) is 0.780. The molecule has 1 aromatic carbocycles. The van der Waals surface area contributed by atoms with E-state index in [1.54, 1.807) is 0 Å². The Balaban J connectivity index is 2.06. The molecule has 1 saturated heterocycles. The van der Waals surface area contributed by atoms with Crippen molar-refractivity contribution in [1.29, 1.82) is 0 Å². The number of anilines is 1. The van der Waals surface area contributed by atoms with Crippen LogP contribution in [-0.2, 0) is 6.42 Å². The summed E-state index contributed by atoms with van der Waals surface area (Å²) in [6.45, 7) is 3.30.